The van der Waals surface area contributed by atoms with Crippen molar-refractivity contribution in [3.8, 4) is 11.8 Å². The maximum absolute atomic E-state index is 12.0. The number of carbonyl (C=O) groups is 1. The first-order valence-corrected chi connectivity index (χ1v) is 7.37. The van der Waals surface area contributed by atoms with Gasteiger partial charge in [0.05, 0.1) is 7.11 Å². The molecule has 0 bridgehead atoms. The van der Waals surface area contributed by atoms with E-state index in [1.54, 1.807) is 25.6 Å². The van der Waals surface area contributed by atoms with Crippen LogP contribution in [-0.4, -0.2) is 18.0 Å². The molecule has 6 heteroatoms. The Morgan fingerprint density at radius 2 is 2.12 bits per heavy atom. The number of para-hydroxylation sites is 1. The number of nitrogens with zero attached hydrogens (tertiary/aromatic N) is 2. The topological polar surface area (TPSA) is 87.0 Å². The van der Waals surface area contributed by atoms with Gasteiger partial charge in [0.15, 0.2) is 0 Å². The summed E-state index contributed by atoms with van der Waals surface area (Å²) in [5.41, 5.74) is 1.81. The molecular weight excluding hydrogens is 304 g/mol. The normalized spacial score (nSPS) is 10.6. The van der Waals surface area contributed by atoms with Crippen LogP contribution in [0.5, 0.6) is 5.75 Å². The summed E-state index contributed by atoms with van der Waals surface area (Å²) < 4.78 is 5.25. The lowest BCUT2D eigenvalue weighted by atomic mass is 10.2. The summed E-state index contributed by atoms with van der Waals surface area (Å²) >= 11 is 0. The summed E-state index contributed by atoms with van der Waals surface area (Å²) in [6, 6.07) is 13.1. The van der Waals surface area contributed by atoms with E-state index in [4.69, 9.17) is 10.00 Å². The first kappa shape index (κ1) is 17.0. The monoisotopic (exact) mass is 322 g/mol. The first-order chi connectivity index (χ1) is 11.7. The molecule has 0 fully saturated rings. The van der Waals surface area contributed by atoms with E-state index < -0.39 is 5.91 Å². The Morgan fingerprint density at radius 3 is 2.83 bits per heavy atom. The van der Waals surface area contributed by atoms with Crippen LogP contribution in [0.4, 0.5) is 0 Å². The molecule has 2 N–H and O–H groups in total. The summed E-state index contributed by atoms with van der Waals surface area (Å²) in [5.74, 6) is 0.312. The molecular formula is C18H18N4O2. The minimum atomic E-state index is -0.436. The average Bonchev–Trinajstić information content (AvgIpc) is 2.64. The summed E-state index contributed by atoms with van der Waals surface area (Å²) in [6.07, 6.45) is 4.73. The number of ether oxygens (including phenoxy) is 1. The van der Waals surface area contributed by atoms with Gasteiger partial charge in [-0.1, -0.05) is 24.3 Å². The highest BCUT2D eigenvalue weighted by Crippen LogP contribution is 2.16. The fraction of sp³-hybridized carbons (Fsp3) is 0.167. The SMILES string of the molecule is COc1ccccc1CN/C=C(/C#N)C(=O)NCc1cccnc1. The van der Waals surface area contributed by atoms with Crippen molar-refractivity contribution >= 4 is 5.91 Å². The zero-order chi connectivity index (χ0) is 17.2. The lowest BCUT2D eigenvalue weighted by Gasteiger charge is -2.08. The van der Waals surface area contributed by atoms with E-state index in [1.807, 2.05) is 36.4 Å². The van der Waals surface area contributed by atoms with Crippen molar-refractivity contribution in [3.63, 3.8) is 0 Å². The van der Waals surface area contributed by atoms with Crippen LogP contribution in [-0.2, 0) is 17.9 Å². The van der Waals surface area contributed by atoms with Gasteiger partial charge in [0, 0.05) is 37.2 Å². The fourth-order valence-electron chi connectivity index (χ4n) is 2.04. The highest BCUT2D eigenvalue weighted by Gasteiger charge is 2.08. The summed E-state index contributed by atoms with van der Waals surface area (Å²) in [6.45, 7) is 0.767. The van der Waals surface area contributed by atoms with Crippen molar-refractivity contribution in [3.05, 3.63) is 71.7 Å². The van der Waals surface area contributed by atoms with Crippen LogP contribution in [0.1, 0.15) is 11.1 Å². The molecule has 24 heavy (non-hydrogen) atoms. The Kier molecular flexibility index (Phi) is 6.35. The summed E-state index contributed by atoms with van der Waals surface area (Å²) in [5, 5.41) is 14.8. The van der Waals surface area contributed by atoms with E-state index >= 15 is 0 Å². The number of nitriles is 1. The lowest BCUT2D eigenvalue weighted by Crippen LogP contribution is -2.25. The Balaban J connectivity index is 1.91. The Hall–Kier alpha value is -3.33. The molecule has 0 saturated heterocycles. The van der Waals surface area contributed by atoms with Crippen LogP contribution >= 0.6 is 0 Å². The zero-order valence-corrected chi connectivity index (χ0v) is 13.3. The second-order valence-corrected chi connectivity index (χ2v) is 4.91. The highest BCUT2D eigenvalue weighted by atomic mass is 16.5. The number of nitrogens with one attached hydrogen (secondary N) is 2. The van der Waals surface area contributed by atoms with E-state index in [1.165, 1.54) is 6.20 Å². The predicted molar refractivity (Wildman–Crippen MR) is 89.6 cm³/mol. The second-order valence-electron chi connectivity index (χ2n) is 4.91. The van der Waals surface area contributed by atoms with Gasteiger partial charge in [-0.3, -0.25) is 9.78 Å². The smallest absolute Gasteiger partial charge is 0.263 e. The predicted octanol–water partition coefficient (Wildman–Crippen LogP) is 1.90. The third-order valence-corrected chi connectivity index (χ3v) is 3.27. The van der Waals surface area contributed by atoms with Crippen molar-refractivity contribution in [2.75, 3.05) is 7.11 Å². The molecule has 2 rings (SSSR count). The third-order valence-electron chi connectivity index (χ3n) is 3.27. The maximum atomic E-state index is 12.0. The number of aromatic nitrogens is 1. The number of carbonyl (C=O) groups excluding carboxylic acids is 1. The molecule has 0 saturated carbocycles. The molecule has 0 aliphatic carbocycles. The van der Waals surface area contributed by atoms with Crippen molar-refractivity contribution in [2.24, 2.45) is 0 Å². The molecule has 1 heterocycles. The largest absolute Gasteiger partial charge is 0.496 e. The number of hydrogen-bond donors (Lipinski definition) is 2. The Labute approximate surface area is 140 Å². The standard InChI is InChI=1S/C18H18N4O2/c1-24-17-7-3-2-6-15(17)12-21-13-16(9-19)18(23)22-11-14-5-4-8-20-10-14/h2-8,10,13,21H,11-12H2,1H3,(H,22,23)/b16-13-. The van der Waals surface area contributed by atoms with Crippen LogP contribution in [0.2, 0.25) is 0 Å². The number of methoxy groups -OCH3 is 1. The van der Waals surface area contributed by atoms with Crippen molar-refractivity contribution < 1.29 is 9.53 Å². The van der Waals surface area contributed by atoms with Crippen LogP contribution in [0.25, 0.3) is 0 Å². The van der Waals surface area contributed by atoms with Gasteiger partial charge in [0.25, 0.3) is 5.91 Å². The van der Waals surface area contributed by atoms with E-state index in [0.29, 0.717) is 13.1 Å². The molecule has 1 aromatic carbocycles. The molecule has 0 aliphatic rings. The number of rotatable bonds is 7. The van der Waals surface area contributed by atoms with Gasteiger partial charge < -0.3 is 15.4 Å². The first-order valence-electron chi connectivity index (χ1n) is 7.37. The fourth-order valence-corrected chi connectivity index (χ4v) is 2.04. The summed E-state index contributed by atoms with van der Waals surface area (Å²) in [4.78, 5) is 16.0. The van der Waals surface area contributed by atoms with Gasteiger partial charge in [-0.25, -0.2) is 0 Å². The molecule has 0 atom stereocenters. The van der Waals surface area contributed by atoms with E-state index in [9.17, 15) is 4.79 Å². The van der Waals surface area contributed by atoms with Crippen molar-refractivity contribution in [2.45, 2.75) is 13.1 Å². The van der Waals surface area contributed by atoms with E-state index in [2.05, 4.69) is 15.6 Å². The van der Waals surface area contributed by atoms with Gasteiger partial charge in [-0.2, -0.15) is 5.26 Å². The summed E-state index contributed by atoms with van der Waals surface area (Å²) in [7, 11) is 1.60. The average molecular weight is 322 g/mol. The molecule has 0 aliphatic heterocycles. The Morgan fingerprint density at radius 1 is 1.29 bits per heavy atom. The lowest BCUT2D eigenvalue weighted by molar-refractivity contribution is -0.117. The molecule has 2 aromatic rings. The Bertz CT molecular complexity index is 751. The van der Waals surface area contributed by atoms with Crippen molar-refractivity contribution in [1.82, 2.24) is 15.6 Å². The minimum Gasteiger partial charge on any atom is -0.496 e. The number of benzene rings is 1. The van der Waals surface area contributed by atoms with Crippen LogP contribution in [0.15, 0.2) is 60.6 Å². The van der Waals surface area contributed by atoms with Gasteiger partial charge in [-0.15, -0.1) is 0 Å². The molecule has 1 amide bonds. The second kappa shape index (κ2) is 8.96. The third kappa shape index (κ3) is 4.85. The van der Waals surface area contributed by atoms with Crippen LogP contribution in [0, 0.1) is 11.3 Å². The number of pyridine rings is 1. The quantitative estimate of drug-likeness (QED) is 0.600. The minimum absolute atomic E-state index is 0.00814. The molecule has 0 radical (unpaired) electrons. The highest BCUT2D eigenvalue weighted by molar-refractivity contribution is 5.97. The van der Waals surface area contributed by atoms with Crippen molar-refractivity contribution in [1.29, 1.82) is 5.26 Å². The molecule has 1 aromatic heterocycles. The zero-order valence-electron chi connectivity index (χ0n) is 13.3. The van der Waals surface area contributed by atoms with Gasteiger partial charge in [0.2, 0.25) is 0 Å². The van der Waals surface area contributed by atoms with E-state index in [-0.39, 0.29) is 5.57 Å². The molecule has 6 nitrogen and oxygen atoms in total. The molecule has 0 spiro atoms. The number of hydrogen-bond acceptors (Lipinski definition) is 5. The van der Waals surface area contributed by atoms with Crippen LogP contribution < -0.4 is 15.4 Å². The molecule has 0 unspecified atom stereocenters. The number of amides is 1. The molecule has 122 valence electrons. The van der Waals surface area contributed by atoms with Gasteiger partial charge in [-0.05, 0) is 17.7 Å². The van der Waals surface area contributed by atoms with Gasteiger partial charge >= 0.3 is 0 Å². The van der Waals surface area contributed by atoms with Gasteiger partial charge in [0.1, 0.15) is 17.4 Å². The van der Waals surface area contributed by atoms with E-state index in [0.717, 1.165) is 16.9 Å². The maximum Gasteiger partial charge on any atom is 0.263 e. The van der Waals surface area contributed by atoms with Crippen LogP contribution in [0.3, 0.4) is 0 Å².